The normalized spacial score (nSPS) is 11.1. The largest absolute Gasteiger partial charge is 0.484 e. The van der Waals surface area contributed by atoms with Crippen molar-refractivity contribution in [2.45, 2.75) is 18.7 Å². The molecule has 1 amide bonds. The third-order valence-corrected chi connectivity index (χ3v) is 6.73. The van der Waals surface area contributed by atoms with E-state index in [9.17, 15) is 13.2 Å². The number of aryl methyl sites for hydroxylation is 1. The molecule has 3 aromatic rings. The van der Waals surface area contributed by atoms with Gasteiger partial charge in [-0.2, -0.15) is 0 Å². The van der Waals surface area contributed by atoms with Crippen molar-refractivity contribution < 1.29 is 17.9 Å². The molecule has 162 valence electrons. The highest BCUT2D eigenvalue weighted by Crippen LogP contribution is 2.24. The maximum atomic E-state index is 12.8. The zero-order valence-electron chi connectivity index (χ0n) is 17.9. The second kappa shape index (κ2) is 9.66. The summed E-state index contributed by atoms with van der Waals surface area (Å²) in [6.07, 6.45) is 0. The van der Waals surface area contributed by atoms with Crippen LogP contribution < -0.4 is 13.9 Å². The van der Waals surface area contributed by atoms with Crippen molar-refractivity contribution in [3.63, 3.8) is 0 Å². The van der Waals surface area contributed by atoms with E-state index in [1.807, 2.05) is 44.2 Å². The number of amides is 1. The van der Waals surface area contributed by atoms with Crippen LogP contribution in [0.4, 0.5) is 11.4 Å². The Kier molecular flexibility index (Phi) is 6.97. The molecule has 0 bridgehead atoms. The minimum Gasteiger partial charge on any atom is -0.484 e. The van der Waals surface area contributed by atoms with Gasteiger partial charge in [-0.15, -0.1) is 0 Å². The predicted molar refractivity (Wildman–Crippen MR) is 123 cm³/mol. The molecule has 0 fully saturated rings. The standard InChI is InChI=1S/C24H26N2O4S/c1-4-26(21-8-6-5-7-9-21)24(27)18-30-22-14-12-20(13-15-22)25(3)31(28,29)23-16-10-19(2)11-17-23/h5-17H,4,18H2,1-3H3. The fraction of sp³-hybridized carbons (Fsp3) is 0.208. The van der Waals surface area contributed by atoms with Gasteiger partial charge in [0.2, 0.25) is 0 Å². The lowest BCUT2D eigenvalue weighted by Crippen LogP contribution is -2.34. The molecule has 0 aromatic heterocycles. The lowest BCUT2D eigenvalue weighted by atomic mass is 10.2. The van der Waals surface area contributed by atoms with E-state index in [1.165, 1.54) is 11.4 Å². The van der Waals surface area contributed by atoms with Gasteiger partial charge in [-0.25, -0.2) is 8.42 Å². The number of likely N-dealkylation sites (N-methyl/N-ethyl adjacent to an activating group) is 1. The summed E-state index contributed by atoms with van der Waals surface area (Å²) >= 11 is 0. The van der Waals surface area contributed by atoms with Crippen LogP contribution in [0.1, 0.15) is 12.5 Å². The number of rotatable bonds is 8. The Morgan fingerprint density at radius 2 is 1.48 bits per heavy atom. The smallest absolute Gasteiger partial charge is 0.264 e. The number of anilines is 2. The Morgan fingerprint density at radius 3 is 2.06 bits per heavy atom. The quantitative estimate of drug-likeness (QED) is 0.527. The molecule has 31 heavy (non-hydrogen) atoms. The van der Waals surface area contributed by atoms with Crippen LogP contribution in [0.5, 0.6) is 5.75 Å². The first kappa shape index (κ1) is 22.4. The number of para-hydroxylation sites is 1. The van der Waals surface area contributed by atoms with Crippen LogP contribution in [0.3, 0.4) is 0 Å². The van der Waals surface area contributed by atoms with Gasteiger partial charge in [0, 0.05) is 19.3 Å². The molecule has 0 spiro atoms. The Labute approximate surface area is 183 Å². The van der Waals surface area contributed by atoms with Gasteiger partial charge >= 0.3 is 0 Å². The molecule has 3 aromatic carbocycles. The molecule has 7 heteroatoms. The average Bonchev–Trinajstić information content (AvgIpc) is 2.79. The highest BCUT2D eigenvalue weighted by Gasteiger charge is 2.21. The van der Waals surface area contributed by atoms with Crippen molar-refractivity contribution in [2.75, 3.05) is 29.4 Å². The van der Waals surface area contributed by atoms with Crippen LogP contribution in [0.15, 0.2) is 83.8 Å². The van der Waals surface area contributed by atoms with E-state index in [0.717, 1.165) is 11.3 Å². The average molecular weight is 439 g/mol. The number of carbonyl (C=O) groups is 1. The lowest BCUT2D eigenvalue weighted by molar-refractivity contribution is -0.120. The summed E-state index contributed by atoms with van der Waals surface area (Å²) in [5.74, 6) is 0.333. The highest BCUT2D eigenvalue weighted by atomic mass is 32.2. The number of sulfonamides is 1. The highest BCUT2D eigenvalue weighted by molar-refractivity contribution is 7.92. The van der Waals surface area contributed by atoms with Crippen molar-refractivity contribution in [1.82, 2.24) is 0 Å². The van der Waals surface area contributed by atoms with Gasteiger partial charge in [0.05, 0.1) is 10.6 Å². The number of nitrogens with zero attached hydrogens (tertiary/aromatic N) is 2. The summed E-state index contributed by atoms with van der Waals surface area (Å²) in [5, 5.41) is 0. The predicted octanol–water partition coefficient (Wildman–Crippen LogP) is 4.25. The van der Waals surface area contributed by atoms with Gasteiger partial charge in [0.25, 0.3) is 15.9 Å². The minimum absolute atomic E-state index is 0.112. The minimum atomic E-state index is -3.66. The maximum absolute atomic E-state index is 12.8. The summed E-state index contributed by atoms with van der Waals surface area (Å²) in [5.41, 5.74) is 2.31. The molecule has 0 unspecified atom stereocenters. The Hall–Kier alpha value is -3.32. The van der Waals surface area contributed by atoms with E-state index in [0.29, 0.717) is 18.0 Å². The first-order chi connectivity index (χ1) is 14.8. The fourth-order valence-electron chi connectivity index (χ4n) is 3.09. The molecule has 0 aliphatic carbocycles. The van der Waals surface area contributed by atoms with E-state index in [2.05, 4.69) is 0 Å². The molecule has 0 atom stereocenters. The van der Waals surface area contributed by atoms with E-state index in [-0.39, 0.29) is 17.4 Å². The van der Waals surface area contributed by atoms with E-state index >= 15 is 0 Å². The molecule has 0 saturated carbocycles. The number of ether oxygens (including phenoxy) is 1. The zero-order valence-corrected chi connectivity index (χ0v) is 18.7. The van der Waals surface area contributed by atoms with Crippen molar-refractivity contribution in [3.05, 3.63) is 84.4 Å². The summed E-state index contributed by atoms with van der Waals surface area (Å²) in [7, 11) is -2.15. The molecule has 0 saturated heterocycles. The number of hydrogen-bond acceptors (Lipinski definition) is 4. The first-order valence-electron chi connectivity index (χ1n) is 9.97. The number of hydrogen-bond donors (Lipinski definition) is 0. The van der Waals surface area contributed by atoms with Gasteiger partial charge in [0.1, 0.15) is 5.75 Å². The first-order valence-corrected chi connectivity index (χ1v) is 11.4. The fourth-order valence-corrected chi connectivity index (χ4v) is 4.29. The number of benzene rings is 3. The maximum Gasteiger partial charge on any atom is 0.264 e. The van der Waals surface area contributed by atoms with Crippen LogP contribution in [0.25, 0.3) is 0 Å². The van der Waals surface area contributed by atoms with Gasteiger partial charge in [-0.05, 0) is 62.4 Å². The summed E-state index contributed by atoms with van der Waals surface area (Å²) in [6.45, 7) is 4.24. The zero-order chi connectivity index (χ0) is 22.4. The third kappa shape index (κ3) is 5.24. The molecule has 6 nitrogen and oxygen atoms in total. The molecule has 0 radical (unpaired) electrons. The summed E-state index contributed by atoms with van der Waals surface area (Å²) in [4.78, 5) is 14.4. The Morgan fingerprint density at radius 1 is 0.871 bits per heavy atom. The molecule has 0 aliphatic heterocycles. The summed E-state index contributed by atoms with van der Waals surface area (Å²) in [6, 6.07) is 22.8. The molecule has 0 N–H and O–H groups in total. The molecule has 3 rings (SSSR count). The van der Waals surface area contributed by atoms with Crippen molar-refractivity contribution in [3.8, 4) is 5.75 Å². The molecular weight excluding hydrogens is 412 g/mol. The van der Waals surface area contributed by atoms with Crippen LogP contribution >= 0.6 is 0 Å². The Bertz CT molecular complexity index is 1110. The van der Waals surface area contributed by atoms with E-state index in [1.54, 1.807) is 53.4 Å². The molecule has 0 aliphatic rings. The van der Waals surface area contributed by atoms with Crippen molar-refractivity contribution in [2.24, 2.45) is 0 Å². The van der Waals surface area contributed by atoms with E-state index in [4.69, 9.17) is 4.74 Å². The van der Waals surface area contributed by atoms with Gasteiger partial charge in [-0.1, -0.05) is 35.9 Å². The van der Waals surface area contributed by atoms with Crippen LogP contribution in [0, 0.1) is 6.92 Å². The summed E-state index contributed by atoms with van der Waals surface area (Å²) < 4.78 is 32.5. The van der Waals surface area contributed by atoms with Gasteiger partial charge < -0.3 is 9.64 Å². The van der Waals surface area contributed by atoms with Crippen LogP contribution in [-0.4, -0.2) is 34.5 Å². The topological polar surface area (TPSA) is 66.9 Å². The van der Waals surface area contributed by atoms with Crippen LogP contribution in [-0.2, 0) is 14.8 Å². The second-order valence-electron chi connectivity index (χ2n) is 7.04. The lowest BCUT2D eigenvalue weighted by Gasteiger charge is -2.21. The molecule has 0 heterocycles. The van der Waals surface area contributed by atoms with Gasteiger partial charge in [-0.3, -0.25) is 9.10 Å². The monoisotopic (exact) mass is 438 g/mol. The SMILES string of the molecule is CCN(C(=O)COc1ccc(N(C)S(=O)(=O)c2ccc(C)cc2)cc1)c1ccccc1. The third-order valence-electron chi connectivity index (χ3n) is 4.93. The Balaban J connectivity index is 1.66. The van der Waals surface area contributed by atoms with Crippen molar-refractivity contribution in [1.29, 1.82) is 0 Å². The molecular formula is C24H26N2O4S. The van der Waals surface area contributed by atoms with Crippen molar-refractivity contribution >= 4 is 27.3 Å². The van der Waals surface area contributed by atoms with Gasteiger partial charge in [0.15, 0.2) is 6.61 Å². The second-order valence-corrected chi connectivity index (χ2v) is 9.01. The van der Waals surface area contributed by atoms with E-state index < -0.39 is 10.0 Å². The van der Waals surface area contributed by atoms with Crippen LogP contribution in [0.2, 0.25) is 0 Å². The number of carbonyl (C=O) groups excluding carboxylic acids is 1.